The number of aliphatic hydroxyl groups excluding tert-OH is 1. The highest BCUT2D eigenvalue weighted by Gasteiger charge is 2.35. The van der Waals surface area contributed by atoms with Crippen LogP contribution in [0.25, 0.3) is 0 Å². The molecule has 1 N–H and O–H groups in total. The molecule has 2 nitrogen and oxygen atoms in total. The summed E-state index contributed by atoms with van der Waals surface area (Å²) >= 11 is 0. The first-order valence-electron chi connectivity index (χ1n) is 4.51. The Hall–Kier alpha value is -1.02. The maximum Gasteiger partial charge on any atom is 0.125 e. The molecule has 2 heteroatoms. The fourth-order valence-corrected chi connectivity index (χ4v) is 1.60. The summed E-state index contributed by atoms with van der Waals surface area (Å²) in [5.74, 6) is 0.814. The van der Waals surface area contributed by atoms with Gasteiger partial charge in [0.05, 0.1) is 12.7 Å². The van der Waals surface area contributed by atoms with Crippen LogP contribution in [0.15, 0.2) is 24.3 Å². The van der Waals surface area contributed by atoms with Crippen molar-refractivity contribution in [2.75, 3.05) is 6.61 Å². The number of aliphatic hydroxyl groups is 1. The van der Waals surface area contributed by atoms with Gasteiger partial charge in [-0.3, -0.25) is 0 Å². The summed E-state index contributed by atoms with van der Waals surface area (Å²) < 4.78 is 5.55. The zero-order valence-electron chi connectivity index (χ0n) is 7.95. The molecule has 2 rings (SSSR count). The quantitative estimate of drug-likeness (QED) is 0.659. The molecule has 0 fully saturated rings. The van der Waals surface area contributed by atoms with Crippen LogP contribution in [0.4, 0.5) is 0 Å². The van der Waals surface area contributed by atoms with Gasteiger partial charge in [0.15, 0.2) is 0 Å². The van der Waals surface area contributed by atoms with Gasteiger partial charge in [-0.05, 0) is 6.07 Å². The lowest BCUT2D eigenvalue weighted by molar-refractivity contribution is -0.00718. The van der Waals surface area contributed by atoms with Gasteiger partial charge in [-0.25, -0.2) is 0 Å². The molecule has 1 aliphatic rings. The van der Waals surface area contributed by atoms with E-state index in [2.05, 4.69) is 0 Å². The van der Waals surface area contributed by atoms with E-state index in [-0.39, 0.29) is 5.41 Å². The molecule has 0 radical (unpaired) electrons. The van der Waals surface area contributed by atoms with E-state index in [4.69, 9.17) is 4.74 Å². The van der Waals surface area contributed by atoms with Crippen LogP contribution in [0.5, 0.6) is 5.75 Å². The highest BCUT2D eigenvalue weighted by atomic mass is 16.5. The van der Waals surface area contributed by atoms with Gasteiger partial charge in [-0.15, -0.1) is 0 Å². The first kappa shape index (κ1) is 8.57. The van der Waals surface area contributed by atoms with E-state index in [9.17, 15) is 5.11 Å². The second-order valence-electron chi connectivity index (χ2n) is 4.22. The lowest BCUT2D eigenvalue weighted by Gasteiger charge is -2.36. The lowest BCUT2D eigenvalue weighted by atomic mass is 9.81. The van der Waals surface area contributed by atoms with Gasteiger partial charge in [-0.2, -0.15) is 0 Å². The molecule has 0 aliphatic carbocycles. The summed E-state index contributed by atoms with van der Waals surface area (Å²) in [5.41, 5.74) is 0.715. The summed E-state index contributed by atoms with van der Waals surface area (Å²) in [7, 11) is 0. The Balaban J connectivity index is 2.45. The second kappa shape index (κ2) is 2.74. The van der Waals surface area contributed by atoms with Gasteiger partial charge in [0.2, 0.25) is 0 Å². The van der Waals surface area contributed by atoms with Crippen LogP contribution in [0.3, 0.4) is 0 Å². The molecule has 0 aromatic heterocycles. The predicted octanol–water partition coefficient (Wildman–Crippen LogP) is 2.14. The van der Waals surface area contributed by atoms with Crippen molar-refractivity contribution < 1.29 is 9.84 Å². The van der Waals surface area contributed by atoms with Crippen LogP contribution < -0.4 is 4.74 Å². The molecule has 0 bridgehead atoms. The largest absolute Gasteiger partial charge is 0.493 e. The van der Waals surface area contributed by atoms with E-state index >= 15 is 0 Å². The van der Waals surface area contributed by atoms with E-state index in [0.717, 1.165) is 11.3 Å². The third-order valence-electron chi connectivity index (χ3n) is 2.55. The summed E-state index contributed by atoms with van der Waals surface area (Å²) in [4.78, 5) is 0. The summed E-state index contributed by atoms with van der Waals surface area (Å²) in [5, 5.41) is 10.0. The zero-order chi connectivity index (χ0) is 9.47. The number of para-hydroxylation sites is 1. The monoisotopic (exact) mass is 178 g/mol. The number of hydrogen-bond donors (Lipinski definition) is 1. The first-order valence-corrected chi connectivity index (χ1v) is 4.51. The number of rotatable bonds is 0. The average molecular weight is 178 g/mol. The minimum atomic E-state index is -0.419. The molecular formula is C11H14O2. The molecule has 13 heavy (non-hydrogen) atoms. The van der Waals surface area contributed by atoms with E-state index in [1.165, 1.54) is 0 Å². The first-order chi connectivity index (χ1) is 6.11. The van der Waals surface area contributed by atoms with Crippen molar-refractivity contribution in [1.82, 2.24) is 0 Å². The molecule has 0 saturated carbocycles. The number of fused-ring (bicyclic) bond motifs is 1. The average Bonchev–Trinajstić information content (AvgIpc) is 2.13. The molecule has 0 amide bonds. The molecule has 70 valence electrons. The van der Waals surface area contributed by atoms with Gasteiger partial charge in [0, 0.05) is 11.0 Å². The van der Waals surface area contributed by atoms with Gasteiger partial charge in [0.25, 0.3) is 0 Å². The van der Waals surface area contributed by atoms with Gasteiger partial charge >= 0.3 is 0 Å². The van der Waals surface area contributed by atoms with Crippen molar-refractivity contribution >= 4 is 0 Å². The molecular weight excluding hydrogens is 164 g/mol. The van der Waals surface area contributed by atoms with E-state index in [1.807, 2.05) is 38.1 Å². The van der Waals surface area contributed by atoms with Gasteiger partial charge < -0.3 is 9.84 Å². The molecule has 1 heterocycles. The molecule has 1 atom stereocenters. The van der Waals surface area contributed by atoms with Crippen LogP contribution in [-0.2, 0) is 0 Å². The second-order valence-corrected chi connectivity index (χ2v) is 4.22. The van der Waals surface area contributed by atoms with Crippen molar-refractivity contribution in [2.24, 2.45) is 5.41 Å². The van der Waals surface area contributed by atoms with Gasteiger partial charge in [0.1, 0.15) is 5.75 Å². The maximum absolute atomic E-state index is 10.0. The van der Waals surface area contributed by atoms with Crippen LogP contribution in [-0.4, -0.2) is 11.7 Å². The van der Waals surface area contributed by atoms with Crippen molar-refractivity contribution in [3.05, 3.63) is 29.8 Å². The van der Waals surface area contributed by atoms with Crippen LogP contribution in [0, 0.1) is 5.41 Å². The Labute approximate surface area is 78.2 Å². The Bertz CT molecular complexity index is 318. The summed E-state index contributed by atoms with van der Waals surface area (Å²) in [6.45, 7) is 4.59. The Morgan fingerprint density at radius 2 is 2.08 bits per heavy atom. The Kier molecular flexibility index (Phi) is 1.81. The predicted molar refractivity (Wildman–Crippen MR) is 50.7 cm³/mol. The SMILES string of the molecule is CC1(C)COc2ccccc2C1O. The van der Waals surface area contributed by atoms with Crippen molar-refractivity contribution in [3.63, 3.8) is 0 Å². The number of benzene rings is 1. The van der Waals surface area contributed by atoms with Crippen molar-refractivity contribution in [3.8, 4) is 5.75 Å². The lowest BCUT2D eigenvalue weighted by Crippen LogP contribution is -2.33. The highest BCUT2D eigenvalue weighted by molar-refractivity contribution is 5.37. The normalized spacial score (nSPS) is 24.7. The van der Waals surface area contributed by atoms with Crippen LogP contribution >= 0.6 is 0 Å². The molecule has 0 spiro atoms. The van der Waals surface area contributed by atoms with Crippen molar-refractivity contribution in [1.29, 1.82) is 0 Å². The minimum absolute atomic E-state index is 0.186. The highest BCUT2D eigenvalue weighted by Crippen LogP contribution is 2.42. The third-order valence-corrected chi connectivity index (χ3v) is 2.55. The molecule has 0 saturated heterocycles. The van der Waals surface area contributed by atoms with E-state index in [1.54, 1.807) is 0 Å². The zero-order valence-corrected chi connectivity index (χ0v) is 7.95. The minimum Gasteiger partial charge on any atom is -0.493 e. The summed E-state index contributed by atoms with van der Waals surface area (Å²) in [6.07, 6.45) is -0.419. The summed E-state index contributed by atoms with van der Waals surface area (Å²) in [6, 6.07) is 7.66. The Morgan fingerprint density at radius 1 is 1.38 bits per heavy atom. The fraction of sp³-hybridized carbons (Fsp3) is 0.455. The molecule has 1 aromatic rings. The van der Waals surface area contributed by atoms with E-state index in [0.29, 0.717) is 6.61 Å². The maximum atomic E-state index is 10.0. The fourth-order valence-electron chi connectivity index (χ4n) is 1.60. The third kappa shape index (κ3) is 1.31. The standard InChI is InChI=1S/C11H14O2/c1-11(2)7-13-9-6-4-3-5-8(9)10(11)12/h3-6,10,12H,7H2,1-2H3. The topological polar surface area (TPSA) is 29.5 Å². The van der Waals surface area contributed by atoms with Crippen LogP contribution in [0.1, 0.15) is 25.5 Å². The molecule has 1 unspecified atom stereocenters. The number of ether oxygens (including phenoxy) is 1. The number of hydrogen-bond acceptors (Lipinski definition) is 2. The van der Waals surface area contributed by atoms with Crippen molar-refractivity contribution in [2.45, 2.75) is 20.0 Å². The molecule has 1 aliphatic heterocycles. The Morgan fingerprint density at radius 3 is 2.85 bits per heavy atom. The smallest absolute Gasteiger partial charge is 0.125 e. The molecule has 1 aromatic carbocycles. The van der Waals surface area contributed by atoms with E-state index < -0.39 is 6.10 Å². The van der Waals surface area contributed by atoms with Crippen LogP contribution in [0.2, 0.25) is 0 Å². The van der Waals surface area contributed by atoms with Gasteiger partial charge in [-0.1, -0.05) is 32.0 Å².